The smallest absolute Gasteiger partial charge is 0.338 e. The Morgan fingerprint density at radius 2 is 1.61 bits per heavy atom. The number of nitrogens with zero attached hydrogens (tertiary/aromatic N) is 1. The van der Waals surface area contributed by atoms with E-state index in [2.05, 4.69) is 0 Å². The summed E-state index contributed by atoms with van der Waals surface area (Å²) < 4.78 is 33.2. The Morgan fingerprint density at radius 3 is 2.39 bits per heavy atom. The average molecular weight is 436 g/mol. The summed E-state index contributed by atoms with van der Waals surface area (Å²) in [6, 6.07) is 21.4. The van der Waals surface area contributed by atoms with Gasteiger partial charge in [-0.05, 0) is 43.2 Å². The second-order valence-electron chi connectivity index (χ2n) is 7.38. The molecule has 3 aromatic rings. The molecule has 3 aromatic carbocycles. The molecule has 0 radical (unpaired) electrons. The van der Waals surface area contributed by atoms with Crippen molar-refractivity contribution in [1.82, 2.24) is 0 Å². The van der Waals surface area contributed by atoms with Crippen molar-refractivity contribution >= 4 is 27.5 Å². The maximum absolute atomic E-state index is 13.4. The van der Waals surface area contributed by atoms with Gasteiger partial charge in [0.05, 0.1) is 16.1 Å². The second-order valence-corrected chi connectivity index (χ2v) is 9.19. The van der Waals surface area contributed by atoms with Crippen LogP contribution in [-0.2, 0) is 21.2 Å². The summed E-state index contributed by atoms with van der Waals surface area (Å²) in [5, 5.41) is 0. The first-order valence-electron chi connectivity index (χ1n) is 9.85. The van der Waals surface area contributed by atoms with Crippen LogP contribution in [0.1, 0.15) is 33.2 Å². The van der Waals surface area contributed by atoms with E-state index in [0.29, 0.717) is 17.7 Å². The van der Waals surface area contributed by atoms with E-state index >= 15 is 0 Å². The number of carbonyl (C=O) groups is 2. The maximum atomic E-state index is 13.4. The molecule has 0 saturated heterocycles. The number of esters is 1. The lowest BCUT2D eigenvalue weighted by Crippen LogP contribution is -2.35. The molecule has 1 aliphatic heterocycles. The fourth-order valence-electron chi connectivity index (χ4n) is 3.72. The van der Waals surface area contributed by atoms with Crippen molar-refractivity contribution in [2.45, 2.75) is 24.3 Å². The minimum absolute atomic E-state index is 0.000103. The van der Waals surface area contributed by atoms with Gasteiger partial charge in [0, 0.05) is 11.6 Å². The molecule has 31 heavy (non-hydrogen) atoms. The Morgan fingerprint density at radius 1 is 0.935 bits per heavy atom. The van der Waals surface area contributed by atoms with Crippen LogP contribution >= 0.6 is 0 Å². The van der Waals surface area contributed by atoms with Crippen LogP contribution < -0.4 is 4.31 Å². The summed E-state index contributed by atoms with van der Waals surface area (Å²) in [6.07, 6.45) is 0.624. The number of Topliss-reactive ketones (excluding diaryl/α,β-unsaturated/α-hetero) is 1. The highest BCUT2D eigenvalue weighted by Gasteiger charge is 2.36. The van der Waals surface area contributed by atoms with Crippen LogP contribution in [0.4, 0.5) is 5.69 Å². The number of ether oxygens (including phenoxy) is 1. The van der Waals surface area contributed by atoms with E-state index in [4.69, 9.17) is 4.74 Å². The van der Waals surface area contributed by atoms with Crippen LogP contribution in [0.15, 0.2) is 83.8 Å². The third-order valence-electron chi connectivity index (χ3n) is 5.20. The van der Waals surface area contributed by atoms with Gasteiger partial charge in [-0.1, -0.05) is 54.6 Å². The van der Waals surface area contributed by atoms with Crippen molar-refractivity contribution in [2.75, 3.05) is 10.9 Å². The van der Waals surface area contributed by atoms with Crippen molar-refractivity contribution in [2.24, 2.45) is 0 Å². The molecule has 7 heteroatoms. The predicted octanol–water partition coefficient (Wildman–Crippen LogP) is 3.87. The SMILES string of the molecule is C[C@H]1Cc2ccccc2N1S(=O)(=O)c1cccc(C(=O)OCC(=O)c2ccccc2)c1. The number of fused-ring (bicyclic) bond motifs is 1. The molecular weight excluding hydrogens is 414 g/mol. The normalized spacial score (nSPS) is 15.4. The topological polar surface area (TPSA) is 80.8 Å². The van der Waals surface area contributed by atoms with Crippen LogP contribution in [-0.4, -0.2) is 32.8 Å². The number of para-hydroxylation sites is 1. The summed E-state index contributed by atoms with van der Waals surface area (Å²) in [5.74, 6) is -1.09. The van der Waals surface area contributed by atoms with E-state index in [0.717, 1.165) is 5.56 Å². The number of anilines is 1. The van der Waals surface area contributed by atoms with Gasteiger partial charge < -0.3 is 4.74 Å². The molecular formula is C24H21NO5S. The van der Waals surface area contributed by atoms with Crippen LogP contribution in [0.3, 0.4) is 0 Å². The first-order valence-corrected chi connectivity index (χ1v) is 11.3. The summed E-state index contributed by atoms with van der Waals surface area (Å²) in [6.45, 7) is 1.43. The van der Waals surface area contributed by atoms with Gasteiger partial charge in [-0.2, -0.15) is 0 Å². The lowest BCUT2D eigenvalue weighted by Gasteiger charge is -2.24. The van der Waals surface area contributed by atoms with Crippen molar-refractivity contribution < 1.29 is 22.7 Å². The Hall–Kier alpha value is -3.45. The molecule has 0 N–H and O–H groups in total. The predicted molar refractivity (Wildman–Crippen MR) is 117 cm³/mol. The minimum atomic E-state index is -3.87. The highest BCUT2D eigenvalue weighted by atomic mass is 32.2. The molecule has 0 unspecified atom stereocenters. The van der Waals surface area contributed by atoms with E-state index in [1.165, 1.54) is 28.6 Å². The highest BCUT2D eigenvalue weighted by Crippen LogP contribution is 2.36. The second kappa shape index (κ2) is 8.35. The van der Waals surface area contributed by atoms with E-state index in [1.54, 1.807) is 42.5 Å². The van der Waals surface area contributed by atoms with Gasteiger partial charge in [0.1, 0.15) is 0 Å². The number of hydrogen-bond donors (Lipinski definition) is 0. The van der Waals surface area contributed by atoms with E-state index in [-0.39, 0.29) is 22.3 Å². The van der Waals surface area contributed by atoms with Gasteiger partial charge in [-0.3, -0.25) is 9.10 Å². The standard InChI is InChI=1S/C24H21NO5S/c1-17-14-19-10-5-6-13-22(19)25(17)31(28,29)21-12-7-11-20(15-21)24(27)30-16-23(26)18-8-3-2-4-9-18/h2-13,15,17H,14,16H2,1H3/t17-/m0/s1. The van der Waals surface area contributed by atoms with Crippen LogP contribution in [0.2, 0.25) is 0 Å². The molecule has 0 saturated carbocycles. The lowest BCUT2D eigenvalue weighted by molar-refractivity contribution is 0.0474. The van der Waals surface area contributed by atoms with Crippen LogP contribution in [0, 0.1) is 0 Å². The number of benzene rings is 3. The summed E-state index contributed by atoms with van der Waals surface area (Å²) in [4.78, 5) is 24.6. The molecule has 0 bridgehead atoms. The maximum Gasteiger partial charge on any atom is 0.338 e. The van der Waals surface area contributed by atoms with E-state index < -0.39 is 22.6 Å². The van der Waals surface area contributed by atoms with Gasteiger partial charge in [0.2, 0.25) is 0 Å². The average Bonchev–Trinajstić information content (AvgIpc) is 3.14. The van der Waals surface area contributed by atoms with Crippen LogP contribution in [0.25, 0.3) is 0 Å². The number of hydrogen-bond acceptors (Lipinski definition) is 5. The monoisotopic (exact) mass is 435 g/mol. The van der Waals surface area contributed by atoms with Gasteiger partial charge in [0.15, 0.2) is 12.4 Å². The third kappa shape index (κ3) is 4.09. The fourth-order valence-corrected chi connectivity index (χ4v) is 5.46. The van der Waals surface area contributed by atoms with E-state index in [1.807, 2.05) is 19.1 Å². The molecule has 1 atom stereocenters. The Kier molecular flexibility index (Phi) is 5.61. The Balaban J connectivity index is 1.54. The number of sulfonamides is 1. The molecule has 1 aliphatic rings. The molecule has 1 heterocycles. The van der Waals surface area contributed by atoms with Crippen molar-refractivity contribution in [3.8, 4) is 0 Å². The Labute approximate surface area is 181 Å². The molecule has 6 nitrogen and oxygen atoms in total. The minimum Gasteiger partial charge on any atom is -0.454 e. The van der Waals surface area contributed by atoms with Crippen molar-refractivity contribution in [1.29, 1.82) is 0 Å². The highest BCUT2D eigenvalue weighted by molar-refractivity contribution is 7.92. The molecule has 0 spiro atoms. The molecule has 0 fully saturated rings. The van der Waals surface area contributed by atoms with Gasteiger partial charge >= 0.3 is 5.97 Å². The number of ketones is 1. The molecule has 0 aromatic heterocycles. The quantitative estimate of drug-likeness (QED) is 0.434. The van der Waals surface area contributed by atoms with Gasteiger partial charge in [0.25, 0.3) is 10.0 Å². The Bertz CT molecular complexity index is 1240. The molecule has 4 rings (SSSR count). The first-order chi connectivity index (χ1) is 14.9. The molecule has 0 aliphatic carbocycles. The number of carbonyl (C=O) groups excluding carboxylic acids is 2. The van der Waals surface area contributed by atoms with Crippen LogP contribution in [0.5, 0.6) is 0 Å². The van der Waals surface area contributed by atoms with Gasteiger partial charge in [-0.15, -0.1) is 0 Å². The lowest BCUT2D eigenvalue weighted by atomic mass is 10.1. The first kappa shape index (κ1) is 20.8. The summed E-state index contributed by atoms with van der Waals surface area (Å²) in [5.41, 5.74) is 2.13. The summed E-state index contributed by atoms with van der Waals surface area (Å²) in [7, 11) is -3.87. The number of rotatable bonds is 6. The third-order valence-corrected chi connectivity index (χ3v) is 7.13. The summed E-state index contributed by atoms with van der Waals surface area (Å²) >= 11 is 0. The molecule has 0 amide bonds. The largest absolute Gasteiger partial charge is 0.454 e. The van der Waals surface area contributed by atoms with E-state index in [9.17, 15) is 18.0 Å². The molecule has 158 valence electrons. The fraction of sp³-hybridized carbons (Fsp3) is 0.167. The van der Waals surface area contributed by atoms with Crippen molar-refractivity contribution in [3.05, 3.63) is 95.6 Å². The van der Waals surface area contributed by atoms with Gasteiger partial charge in [-0.25, -0.2) is 13.2 Å². The zero-order valence-electron chi connectivity index (χ0n) is 16.9. The zero-order chi connectivity index (χ0) is 22.0. The zero-order valence-corrected chi connectivity index (χ0v) is 17.7. The van der Waals surface area contributed by atoms with Crippen molar-refractivity contribution in [3.63, 3.8) is 0 Å².